The van der Waals surface area contributed by atoms with Crippen molar-refractivity contribution in [2.75, 3.05) is 0 Å². The highest BCUT2D eigenvalue weighted by Crippen LogP contribution is 2.34. The summed E-state index contributed by atoms with van der Waals surface area (Å²) in [6.07, 6.45) is 3.19. The van der Waals surface area contributed by atoms with Gasteiger partial charge in [0.2, 0.25) is 0 Å². The number of aliphatic carboxylic acids is 1. The summed E-state index contributed by atoms with van der Waals surface area (Å²) in [7, 11) is -3.84. The van der Waals surface area contributed by atoms with Gasteiger partial charge in [-0.05, 0) is 49.8 Å². The van der Waals surface area contributed by atoms with Crippen molar-refractivity contribution in [2.24, 2.45) is 5.92 Å². The summed E-state index contributed by atoms with van der Waals surface area (Å²) in [6, 6.07) is 5.14. The van der Waals surface area contributed by atoms with E-state index in [1.807, 2.05) is 13.0 Å². The van der Waals surface area contributed by atoms with E-state index in [1.165, 1.54) is 0 Å². The first-order chi connectivity index (χ1) is 9.34. The minimum atomic E-state index is -3.84. The van der Waals surface area contributed by atoms with Crippen LogP contribution in [0.1, 0.15) is 36.8 Å². The summed E-state index contributed by atoms with van der Waals surface area (Å²) >= 11 is 0. The van der Waals surface area contributed by atoms with Crippen molar-refractivity contribution in [3.05, 3.63) is 29.3 Å². The maximum absolute atomic E-state index is 12.8. The molecule has 1 aromatic carbocycles. The number of sulfone groups is 1. The molecule has 1 aliphatic carbocycles. The molecule has 0 aliphatic heterocycles. The van der Waals surface area contributed by atoms with Gasteiger partial charge < -0.3 is 5.11 Å². The van der Waals surface area contributed by atoms with E-state index < -0.39 is 21.1 Å². The molecule has 1 saturated carbocycles. The molecule has 2 rings (SSSR count). The molecular weight excluding hydrogens is 276 g/mol. The van der Waals surface area contributed by atoms with Gasteiger partial charge in [0.05, 0.1) is 4.90 Å². The third kappa shape index (κ3) is 2.73. The van der Waals surface area contributed by atoms with Crippen LogP contribution in [0.2, 0.25) is 0 Å². The number of rotatable bonds is 4. The molecule has 5 heteroatoms. The van der Waals surface area contributed by atoms with Crippen LogP contribution in [-0.2, 0) is 14.6 Å². The number of hydrogen-bond acceptors (Lipinski definition) is 3. The first-order valence-electron chi connectivity index (χ1n) is 6.88. The van der Waals surface area contributed by atoms with Gasteiger partial charge in [-0.25, -0.2) is 8.42 Å². The van der Waals surface area contributed by atoms with Crippen LogP contribution in [0.3, 0.4) is 0 Å². The van der Waals surface area contributed by atoms with Crippen LogP contribution in [0.5, 0.6) is 0 Å². The Hall–Kier alpha value is -1.36. The predicted octanol–water partition coefficient (Wildman–Crippen LogP) is 2.72. The van der Waals surface area contributed by atoms with Crippen molar-refractivity contribution in [1.82, 2.24) is 0 Å². The molecule has 1 N–H and O–H groups in total. The lowest BCUT2D eigenvalue weighted by atomic mass is 10.0. The van der Waals surface area contributed by atoms with Crippen molar-refractivity contribution in [2.45, 2.75) is 49.7 Å². The second-order valence-corrected chi connectivity index (χ2v) is 7.66. The molecule has 1 aromatic rings. The largest absolute Gasteiger partial charge is 0.480 e. The van der Waals surface area contributed by atoms with Crippen LogP contribution in [-0.4, -0.2) is 24.7 Å². The van der Waals surface area contributed by atoms with Crippen LogP contribution < -0.4 is 0 Å². The number of carboxylic acids is 1. The zero-order valence-corrected chi connectivity index (χ0v) is 12.6. The third-order valence-electron chi connectivity index (χ3n) is 4.06. The quantitative estimate of drug-likeness (QED) is 0.927. The highest BCUT2D eigenvalue weighted by molar-refractivity contribution is 7.92. The van der Waals surface area contributed by atoms with Crippen molar-refractivity contribution >= 4 is 15.8 Å². The fraction of sp³-hybridized carbons (Fsp3) is 0.533. The molecule has 20 heavy (non-hydrogen) atoms. The monoisotopic (exact) mass is 296 g/mol. The van der Waals surface area contributed by atoms with Gasteiger partial charge in [-0.1, -0.05) is 25.0 Å². The summed E-state index contributed by atoms with van der Waals surface area (Å²) < 4.78 is 25.5. The molecule has 1 aliphatic rings. The number of aryl methyl sites for hydroxylation is 2. The summed E-state index contributed by atoms with van der Waals surface area (Å²) in [5, 5.41) is 8.10. The number of carboxylic acid groups (broad SMARTS) is 1. The summed E-state index contributed by atoms with van der Waals surface area (Å²) in [6.45, 7) is 3.52. The fourth-order valence-corrected chi connectivity index (χ4v) is 5.18. The molecule has 0 amide bonds. The Bertz CT molecular complexity index is 613. The van der Waals surface area contributed by atoms with Crippen LogP contribution in [0.15, 0.2) is 23.1 Å². The van der Waals surface area contributed by atoms with Gasteiger partial charge in [-0.3, -0.25) is 4.79 Å². The van der Waals surface area contributed by atoms with Gasteiger partial charge in [0, 0.05) is 0 Å². The molecule has 1 atom stereocenters. The van der Waals surface area contributed by atoms with Crippen molar-refractivity contribution in [3.63, 3.8) is 0 Å². The Morgan fingerprint density at radius 2 is 1.85 bits per heavy atom. The molecule has 1 fully saturated rings. The van der Waals surface area contributed by atoms with Crippen LogP contribution in [0.4, 0.5) is 0 Å². The maximum atomic E-state index is 12.8. The normalized spacial score (nSPS) is 18.1. The first-order valence-corrected chi connectivity index (χ1v) is 8.42. The van der Waals surface area contributed by atoms with E-state index in [9.17, 15) is 18.3 Å². The van der Waals surface area contributed by atoms with E-state index in [1.54, 1.807) is 19.1 Å². The van der Waals surface area contributed by atoms with E-state index >= 15 is 0 Å². The van der Waals surface area contributed by atoms with Crippen molar-refractivity contribution in [3.8, 4) is 0 Å². The van der Waals surface area contributed by atoms with E-state index in [0.717, 1.165) is 18.4 Å². The zero-order valence-electron chi connectivity index (χ0n) is 11.8. The Labute approximate surface area is 119 Å². The first kappa shape index (κ1) is 15.0. The van der Waals surface area contributed by atoms with Crippen molar-refractivity contribution in [1.29, 1.82) is 0 Å². The van der Waals surface area contributed by atoms with Gasteiger partial charge >= 0.3 is 5.97 Å². The average molecular weight is 296 g/mol. The van der Waals surface area contributed by atoms with E-state index in [4.69, 9.17) is 0 Å². The Morgan fingerprint density at radius 1 is 1.25 bits per heavy atom. The molecule has 110 valence electrons. The number of benzene rings is 1. The predicted molar refractivity (Wildman–Crippen MR) is 76.5 cm³/mol. The van der Waals surface area contributed by atoms with Gasteiger partial charge in [0.15, 0.2) is 15.1 Å². The van der Waals surface area contributed by atoms with Gasteiger partial charge in [0.1, 0.15) is 0 Å². The smallest absolute Gasteiger partial charge is 0.322 e. The van der Waals surface area contributed by atoms with E-state index in [0.29, 0.717) is 18.4 Å². The zero-order chi connectivity index (χ0) is 14.9. The highest BCUT2D eigenvalue weighted by atomic mass is 32.2. The molecule has 0 spiro atoms. The summed E-state index contributed by atoms with van der Waals surface area (Å²) in [5.41, 5.74) is 1.43. The van der Waals surface area contributed by atoms with Crippen LogP contribution in [0.25, 0.3) is 0 Å². The molecule has 4 nitrogen and oxygen atoms in total. The van der Waals surface area contributed by atoms with E-state index in [2.05, 4.69) is 0 Å². The lowest BCUT2D eigenvalue weighted by Crippen LogP contribution is -2.36. The molecule has 0 radical (unpaired) electrons. The lowest BCUT2D eigenvalue weighted by Gasteiger charge is -2.20. The molecule has 0 saturated heterocycles. The number of carbonyl (C=O) groups is 1. The molecule has 0 aromatic heterocycles. The van der Waals surface area contributed by atoms with Crippen molar-refractivity contribution < 1.29 is 18.3 Å². The minimum absolute atomic E-state index is 0.164. The second kappa shape index (κ2) is 5.56. The Kier molecular flexibility index (Phi) is 4.18. The van der Waals surface area contributed by atoms with Gasteiger partial charge in [-0.15, -0.1) is 0 Å². The number of hydrogen-bond donors (Lipinski definition) is 1. The molecular formula is C15H20O4S. The summed E-state index contributed by atoms with van der Waals surface area (Å²) in [4.78, 5) is 11.7. The van der Waals surface area contributed by atoms with E-state index in [-0.39, 0.29) is 10.8 Å². The SMILES string of the molecule is Cc1ccc(C)c(S(=O)(=O)C(C(=O)O)C2CCCC2)c1. The Balaban J connectivity index is 2.50. The standard InChI is InChI=1S/C15H20O4S/c1-10-7-8-11(2)13(9-10)20(18,19)14(15(16)17)12-5-3-4-6-12/h7-9,12,14H,3-6H2,1-2H3,(H,16,17). The highest BCUT2D eigenvalue weighted by Gasteiger charge is 2.42. The average Bonchev–Trinajstić information content (AvgIpc) is 2.84. The fourth-order valence-electron chi connectivity index (χ4n) is 3.00. The summed E-state index contributed by atoms with van der Waals surface area (Å²) in [5.74, 6) is -1.49. The minimum Gasteiger partial charge on any atom is -0.480 e. The molecule has 1 unspecified atom stereocenters. The molecule has 0 bridgehead atoms. The lowest BCUT2D eigenvalue weighted by molar-refractivity contribution is -0.137. The molecule has 0 heterocycles. The van der Waals surface area contributed by atoms with Gasteiger partial charge in [0.25, 0.3) is 0 Å². The maximum Gasteiger partial charge on any atom is 0.322 e. The second-order valence-electron chi connectivity index (χ2n) is 5.62. The van der Waals surface area contributed by atoms with Crippen LogP contribution in [0, 0.1) is 19.8 Å². The third-order valence-corrected chi connectivity index (χ3v) is 6.36. The Morgan fingerprint density at radius 3 is 2.40 bits per heavy atom. The van der Waals surface area contributed by atoms with Crippen LogP contribution >= 0.6 is 0 Å². The van der Waals surface area contributed by atoms with Gasteiger partial charge in [-0.2, -0.15) is 0 Å². The topological polar surface area (TPSA) is 71.4 Å².